The molecular weight excluding hydrogens is 772 g/mol. The van der Waals surface area contributed by atoms with E-state index in [1.54, 1.807) is 37.3 Å². The number of carbonyl (C=O) groups is 4. The average molecular weight is 822 g/mol. The van der Waals surface area contributed by atoms with Gasteiger partial charge in [0.1, 0.15) is 23.3 Å². The number of piperazine rings is 1. The monoisotopic (exact) mass is 821 g/mol. The lowest BCUT2D eigenvalue weighted by molar-refractivity contribution is -0.140. The third kappa shape index (κ3) is 9.46. The molecule has 4 amide bonds. The zero-order chi connectivity index (χ0) is 41.8. The van der Waals surface area contributed by atoms with Crippen molar-refractivity contribution in [3.63, 3.8) is 0 Å². The highest BCUT2D eigenvalue weighted by molar-refractivity contribution is 6.02. The molecule has 1 atom stereocenters. The van der Waals surface area contributed by atoms with Gasteiger partial charge in [-0.3, -0.25) is 34.8 Å². The maximum Gasteiger partial charge on any atom is 0.342 e. The first kappa shape index (κ1) is 41.5. The third-order valence-electron chi connectivity index (χ3n) is 11.5. The molecule has 16 nitrogen and oxygen atoms in total. The van der Waals surface area contributed by atoms with Gasteiger partial charge in [-0.05, 0) is 81.5 Å². The number of carbonyl (C=O) groups excluding carboxylic acids is 4. The molecule has 0 radical (unpaired) electrons. The Hall–Kier alpha value is -5.69. The molecule has 3 fully saturated rings. The number of benzene rings is 2. The van der Waals surface area contributed by atoms with Gasteiger partial charge in [-0.2, -0.15) is 13.8 Å². The second-order valence-corrected chi connectivity index (χ2v) is 15.3. The van der Waals surface area contributed by atoms with E-state index in [2.05, 4.69) is 36.2 Å². The Morgan fingerprint density at radius 3 is 2.46 bits per heavy atom. The number of amides is 4. The lowest BCUT2D eigenvalue weighted by Gasteiger charge is -2.38. The van der Waals surface area contributed by atoms with Crippen LogP contribution in [0.4, 0.5) is 47.7 Å². The summed E-state index contributed by atoms with van der Waals surface area (Å²) in [6.45, 7) is 6.51. The topological polar surface area (TPSA) is 168 Å². The number of ether oxygens (including phenoxy) is 1. The molecule has 19 heteroatoms. The molecule has 4 N–H and O–H groups in total. The van der Waals surface area contributed by atoms with Gasteiger partial charge in [0.05, 0.1) is 31.2 Å². The first-order valence-electron chi connectivity index (χ1n) is 20.0. The van der Waals surface area contributed by atoms with Gasteiger partial charge in [-0.25, -0.2) is 14.4 Å². The highest BCUT2D eigenvalue weighted by Gasteiger charge is 2.47. The molecule has 0 spiro atoms. The number of aromatic nitrogens is 2. The number of nitrogens with one attached hydrogen (secondary N) is 4. The fourth-order valence-corrected chi connectivity index (χ4v) is 7.96. The lowest BCUT2D eigenvalue weighted by atomic mass is 9.94. The number of anilines is 6. The minimum absolute atomic E-state index is 0.106. The minimum Gasteiger partial charge on any atom is -0.495 e. The van der Waals surface area contributed by atoms with E-state index in [1.165, 1.54) is 31.3 Å². The Balaban J connectivity index is 0.849. The SMILES string of the molecule is CCN1CC(F)(F)C(=O)N(C)c2cnc(Nc3ccc(C(=O)NN4CCC(CCN5CCN(c6ccc(NC7CCC(=O)NC7=O)cc6F)CC5)CC4)cc3OC)nc21. The fourth-order valence-electron chi connectivity index (χ4n) is 7.96. The van der Waals surface area contributed by atoms with Crippen molar-refractivity contribution in [3.8, 4) is 5.75 Å². The van der Waals surface area contributed by atoms with Crippen LogP contribution in [0.2, 0.25) is 0 Å². The van der Waals surface area contributed by atoms with Crippen LogP contribution >= 0.6 is 0 Å². The zero-order valence-electron chi connectivity index (χ0n) is 33.4. The predicted molar refractivity (Wildman–Crippen MR) is 216 cm³/mol. The van der Waals surface area contributed by atoms with E-state index in [-0.39, 0.29) is 48.1 Å². The van der Waals surface area contributed by atoms with Gasteiger partial charge in [0.15, 0.2) is 5.82 Å². The highest BCUT2D eigenvalue weighted by atomic mass is 19.3. The van der Waals surface area contributed by atoms with Gasteiger partial charge < -0.3 is 30.1 Å². The Morgan fingerprint density at radius 2 is 1.76 bits per heavy atom. The van der Waals surface area contributed by atoms with Gasteiger partial charge >= 0.3 is 5.92 Å². The van der Waals surface area contributed by atoms with Crippen molar-refractivity contribution in [1.29, 1.82) is 0 Å². The second-order valence-electron chi connectivity index (χ2n) is 15.3. The Bertz CT molecular complexity index is 2060. The summed E-state index contributed by atoms with van der Waals surface area (Å²) >= 11 is 0. The molecule has 5 heterocycles. The molecule has 1 unspecified atom stereocenters. The standard InChI is InChI=1S/C40H50F3N11O5/c1-4-52-24-40(42,43)38(58)50(2)32-23-44-39(48-35(32)52)46-29-7-5-26(21-33(29)59-3)36(56)49-54-15-12-25(13-16-54)11-14-51-17-19-53(20-18-51)31-9-6-27(22-28(31)41)45-30-8-10-34(55)47-37(30)57/h5-7,9,21-23,25,30,45H,4,8,10-20,24H2,1-3H3,(H,49,56)(H,44,46,48)(H,47,55,57). The molecule has 1 aromatic heterocycles. The molecule has 0 bridgehead atoms. The molecule has 316 valence electrons. The van der Waals surface area contributed by atoms with Crippen molar-refractivity contribution in [1.82, 2.24) is 30.6 Å². The summed E-state index contributed by atoms with van der Waals surface area (Å²) in [5.74, 6) is -5.07. The average Bonchev–Trinajstić information content (AvgIpc) is 3.30. The van der Waals surface area contributed by atoms with Crippen molar-refractivity contribution >= 4 is 58.1 Å². The summed E-state index contributed by atoms with van der Waals surface area (Å²) in [6.07, 6.45) is 4.86. The van der Waals surface area contributed by atoms with E-state index in [9.17, 15) is 28.0 Å². The van der Waals surface area contributed by atoms with Crippen LogP contribution < -0.4 is 40.8 Å². The molecule has 3 saturated heterocycles. The molecule has 4 aliphatic heterocycles. The van der Waals surface area contributed by atoms with Crippen LogP contribution in [0.15, 0.2) is 42.6 Å². The quantitative estimate of drug-likeness (QED) is 0.196. The van der Waals surface area contributed by atoms with Gasteiger partial charge in [0, 0.05) is 70.5 Å². The van der Waals surface area contributed by atoms with Crippen molar-refractivity contribution in [2.24, 2.45) is 5.92 Å². The second kappa shape index (κ2) is 17.7. The van der Waals surface area contributed by atoms with Gasteiger partial charge in [-0.1, -0.05) is 0 Å². The first-order valence-corrected chi connectivity index (χ1v) is 20.0. The van der Waals surface area contributed by atoms with Crippen molar-refractivity contribution < 1.29 is 37.1 Å². The number of fused-ring (bicyclic) bond motifs is 1. The predicted octanol–water partition coefficient (Wildman–Crippen LogP) is 3.59. The van der Waals surface area contributed by atoms with Crippen LogP contribution in [0.3, 0.4) is 0 Å². The van der Waals surface area contributed by atoms with Gasteiger partial charge in [0.2, 0.25) is 17.8 Å². The maximum absolute atomic E-state index is 15.2. The number of nitrogens with zero attached hydrogens (tertiary/aromatic N) is 7. The van der Waals surface area contributed by atoms with Crippen molar-refractivity contribution in [3.05, 3.63) is 54.0 Å². The van der Waals surface area contributed by atoms with Gasteiger partial charge in [-0.15, -0.1) is 0 Å². The molecule has 0 aliphatic carbocycles. The number of hydrogen-bond donors (Lipinski definition) is 4. The van der Waals surface area contributed by atoms with Crippen LogP contribution in [-0.4, -0.2) is 129 Å². The molecule has 7 rings (SSSR count). The number of hydrogen-bond acceptors (Lipinski definition) is 13. The van der Waals surface area contributed by atoms with Crippen molar-refractivity contribution in [2.45, 2.75) is 51.0 Å². The smallest absolute Gasteiger partial charge is 0.342 e. The summed E-state index contributed by atoms with van der Waals surface area (Å²) in [4.78, 5) is 64.5. The first-order chi connectivity index (χ1) is 28.3. The fraction of sp³-hybridized carbons (Fsp3) is 0.500. The highest BCUT2D eigenvalue weighted by Crippen LogP contribution is 2.36. The zero-order valence-corrected chi connectivity index (χ0v) is 33.4. The van der Waals surface area contributed by atoms with Crippen LogP contribution in [0.5, 0.6) is 5.75 Å². The number of hydrazine groups is 1. The van der Waals surface area contributed by atoms with Crippen LogP contribution in [-0.2, 0) is 14.4 Å². The van der Waals surface area contributed by atoms with E-state index in [4.69, 9.17) is 4.74 Å². The Morgan fingerprint density at radius 1 is 1.00 bits per heavy atom. The summed E-state index contributed by atoms with van der Waals surface area (Å²) in [5, 5.41) is 10.3. The van der Waals surface area contributed by atoms with Crippen LogP contribution in [0, 0.1) is 11.7 Å². The summed E-state index contributed by atoms with van der Waals surface area (Å²) < 4.78 is 49.9. The van der Waals surface area contributed by atoms with E-state index < -0.39 is 30.3 Å². The number of alkyl halides is 2. The number of rotatable bonds is 12. The lowest BCUT2D eigenvalue weighted by Crippen LogP contribution is -2.48. The largest absolute Gasteiger partial charge is 0.495 e. The third-order valence-corrected chi connectivity index (χ3v) is 11.5. The minimum atomic E-state index is -3.59. The number of halogens is 3. The van der Waals surface area contributed by atoms with Gasteiger partial charge in [0.25, 0.3) is 11.8 Å². The van der Waals surface area contributed by atoms with E-state index in [1.807, 2.05) is 9.91 Å². The van der Waals surface area contributed by atoms with E-state index >= 15 is 4.39 Å². The van der Waals surface area contributed by atoms with Crippen LogP contribution in [0.1, 0.15) is 49.4 Å². The molecule has 2 aromatic carbocycles. The summed E-state index contributed by atoms with van der Waals surface area (Å²) in [7, 11) is 2.74. The Kier molecular flexibility index (Phi) is 12.4. The Labute approximate surface area is 340 Å². The number of imide groups is 1. The van der Waals surface area contributed by atoms with Crippen LogP contribution in [0.25, 0.3) is 0 Å². The molecule has 0 saturated carbocycles. The molecule has 3 aromatic rings. The van der Waals surface area contributed by atoms with Crippen molar-refractivity contribution in [2.75, 3.05) is 98.4 Å². The summed E-state index contributed by atoms with van der Waals surface area (Å²) in [6, 6.07) is 9.25. The van der Waals surface area contributed by atoms with E-state index in [0.717, 1.165) is 43.8 Å². The van der Waals surface area contributed by atoms with E-state index in [0.29, 0.717) is 66.9 Å². The number of methoxy groups -OCH3 is 1. The molecule has 59 heavy (non-hydrogen) atoms. The number of piperidine rings is 2. The maximum atomic E-state index is 15.2. The molecular formula is C40H50F3N11O5. The summed E-state index contributed by atoms with van der Waals surface area (Å²) in [5.41, 5.74) is 5.06. The molecule has 4 aliphatic rings. The normalized spacial score (nSPS) is 20.5.